The largest absolute Gasteiger partial charge is 0.459 e. The van der Waals surface area contributed by atoms with Crippen molar-refractivity contribution in [2.45, 2.75) is 20.0 Å². The molecular weight excluding hydrogens is 384 g/mol. The lowest BCUT2D eigenvalue weighted by Gasteiger charge is -2.08. The van der Waals surface area contributed by atoms with Gasteiger partial charge in [0.05, 0.1) is 17.7 Å². The van der Waals surface area contributed by atoms with E-state index >= 15 is 0 Å². The summed E-state index contributed by atoms with van der Waals surface area (Å²) in [6.45, 7) is 1.49. The maximum absolute atomic E-state index is 13.5. The van der Waals surface area contributed by atoms with Crippen molar-refractivity contribution in [1.29, 1.82) is 0 Å². The van der Waals surface area contributed by atoms with Crippen LogP contribution in [0.2, 0.25) is 0 Å². The molecule has 0 aliphatic carbocycles. The van der Waals surface area contributed by atoms with Crippen molar-refractivity contribution in [2.24, 2.45) is 0 Å². The van der Waals surface area contributed by atoms with Gasteiger partial charge in [-0.25, -0.2) is 13.8 Å². The number of nitrogens with zero attached hydrogens (tertiary/aromatic N) is 2. The van der Waals surface area contributed by atoms with Gasteiger partial charge in [0.2, 0.25) is 0 Å². The van der Waals surface area contributed by atoms with E-state index in [1.165, 1.54) is 10.5 Å². The molecule has 2 aromatic heterocycles. The van der Waals surface area contributed by atoms with Crippen LogP contribution in [-0.2, 0) is 16.1 Å². The summed E-state index contributed by atoms with van der Waals surface area (Å²) in [5.74, 6) is -3.18. The minimum absolute atomic E-state index is 0.0957. The number of carbonyl (C=O) groups excluding carboxylic acids is 2. The van der Waals surface area contributed by atoms with Gasteiger partial charge in [-0.2, -0.15) is 0 Å². The number of fused-ring (bicyclic) bond motifs is 1. The molecule has 0 aliphatic heterocycles. The number of aromatic nitrogens is 2. The number of amides is 1. The molecule has 3 rings (SSSR count). The van der Waals surface area contributed by atoms with Gasteiger partial charge in [0.15, 0.2) is 0 Å². The van der Waals surface area contributed by atoms with E-state index in [4.69, 9.17) is 4.74 Å². The molecule has 1 amide bonds. The monoisotopic (exact) mass is 401 g/mol. The molecule has 3 aromatic rings. The number of nitrogens with one attached hydrogen (secondary N) is 1. The van der Waals surface area contributed by atoms with Crippen LogP contribution in [0, 0.1) is 18.6 Å². The summed E-state index contributed by atoms with van der Waals surface area (Å²) >= 11 is 0. The van der Waals surface area contributed by atoms with Gasteiger partial charge in [0, 0.05) is 24.4 Å². The minimum Gasteiger partial charge on any atom is -0.459 e. The number of hydrogen-bond acceptors (Lipinski definition) is 5. The van der Waals surface area contributed by atoms with Gasteiger partial charge >= 0.3 is 5.97 Å². The van der Waals surface area contributed by atoms with Gasteiger partial charge < -0.3 is 10.1 Å². The van der Waals surface area contributed by atoms with Crippen molar-refractivity contribution in [2.75, 3.05) is 6.54 Å². The standard InChI is InChI=1S/C20H17F2N3O4/c1-12-3-2-4-17-24-14(10-18(26)25(12)17)11-29-19(27)7-8-23-20(28)15-6-5-13(21)9-16(15)22/h2-6,9-10H,7-8,11H2,1H3,(H,23,28). The molecule has 29 heavy (non-hydrogen) atoms. The predicted molar refractivity (Wildman–Crippen MR) is 99.3 cm³/mol. The molecule has 1 aromatic carbocycles. The molecule has 0 aliphatic rings. The molecule has 0 saturated carbocycles. The SMILES string of the molecule is Cc1cccc2nc(COC(=O)CCNC(=O)c3ccc(F)cc3F)cc(=O)n12. The Labute approximate surface area is 164 Å². The number of rotatable bonds is 6. The average molecular weight is 401 g/mol. The molecule has 0 saturated heterocycles. The van der Waals surface area contributed by atoms with Gasteiger partial charge in [-0.3, -0.25) is 18.8 Å². The van der Waals surface area contributed by atoms with Crippen molar-refractivity contribution >= 4 is 17.5 Å². The van der Waals surface area contributed by atoms with Crippen molar-refractivity contribution in [3.8, 4) is 0 Å². The van der Waals surface area contributed by atoms with E-state index in [9.17, 15) is 23.2 Å². The number of ether oxygens (including phenoxy) is 1. The first-order valence-electron chi connectivity index (χ1n) is 8.72. The second kappa shape index (κ2) is 8.59. The Morgan fingerprint density at radius 1 is 1.17 bits per heavy atom. The third kappa shape index (κ3) is 4.81. The van der Waals surface area contributed by atoms with Gasteiger partial charge in [0.25, 0.3) is 11.5 Å². The zero-order chi connectivity index (χ0) is 21.0. The van der Waals surface area contributed by atoms with Gasteiger partial charge in [-0.15, -0.1) is 0 Å². The first-order valence-corrected chi connectivity index (χ1v) is 8.72. The Bertz CT molecular complexity index is 1140. The Hall–Kier alpha value is -3.62. The van der Waals surface area contributed by atoms with E-state index in [2.05, 4.69) is 10.3 Å². The number of aryl methyl sites for hydroxylation is 1. The van der Waals surface area contributed by atoms with Crippen molar-refractivity contribution < 1.29 is 23.1 Å². The summed E-state index contributed by atoms with van der Waals surface area (Å²) in [7, 11) is 0. The lowest BCUT2D eigenvalue weighted by atomic mass is 10.2. The highest BCUT2D eigenvalue weighted by Crippen LogP contribution is 2.09. The summed E-state index contributed by atoms with van der Waals surface area (Å²) in [6, 6.07) is 9.08. The fourth-order valence-corrected chi connectivity index (χ4v) is 2.71. The van der Waals surface area contributed by atoms with Crippen LogP contribution in [0.3, 0.4) is 0 Å². The average Bonchev–Trinajstić information content (AvgIpc) is 2.66. The first kappa shape index (κ1) is 20.1. The smallest absolute Gasteiger partial charge is 0.307 e. The van der Waals surface area contributed by atoms with Gasteiger partial charge in [-0.05, 0) is 31.2 Å². The first-order chi connectivity index (χ1) is 13.8. The van der Waals surface area contributed by atoms with E-state index in [0.29, 0.717) is 17.4 Å². The molecule has 0 radical (unpaired) electrons. The zero-order valence-electron chi connectivity index (χ0n) is 15.4. The van der Waals surface area contributed by atoms with E-state index in [-0.39, 0.29) is 30.7 Å². The third-order valence-electron chi connectivity index (χ3n) is 4.10. The minimum atomic E-state index is -0.992. The van der Waals surface area contributed by atoms with Crippen molar-refractivity contribution in [1.82, 2.24) is 14.7 Å². The van der Waals surface area contributed by atoms with E-state index in [0.717, 1.165) is 17.8 Å². The summed E-state index contributed by atoms with van der Waals surface area (Å²) in [4.78, 5) is 40.1. The van der Waals surface area contributed by atoms with Crippen LogP contribution in [0.4, 0.5) is 8.78 Å². The normalized spacial score (nSPS) is 10.7. The lowest BCUT2D eigenvalue weighted by Crippen LogP contribution is -2.27. The Morgan fingerprint density at radius 3 is 2.72 bits per heavy atom. The van der Waals surface area contributed by atoms with Crippen LogP contribution < -0.4 is 10.9 Å². The Balaban J connectivity index is 1.52. The van der Waals surface area contributed by atoms with Crippen LogP contribution in [0.15, 0.2) is 47.3 Å². The second-order valence-electron chi connectivity index (χ2n) is 6.24. The number of esters is 1. The highest BCUT2D eigenvalue weighted by molar-refractivity contribution is 5.94. The number of hydrogen-bond donors (Lipinski definition) is 1. The van der Waals surface area contributed by atoms with E-state index in [1.807, 2.05) is 0 Å². The zero-order valence-corrected chi connectivity index (χ0v) is 15.4. The molecule has 0 fully saturated rings. The number of halogens is 2. The number of pyridine rings is 1. The van der Waals surface area contributed by atoms with Crippen LogP contribution in [0.5, 0.6) is 0 Å². The lowest BCUT2D eigenvalue weighted by molar-refractivity contribution is -0.144. The molecule has 0 bridgehead atoms. The molecule has 0 spiro atoms. The Kier molecular flexibility index (Phi) is 5.96. The maximum Gasteiger partial charge on any atom is 0.307 e. The Morgan fingerprint density at radius 2 is 1.97 bits per heavy atom. The van der Waals surface area contributed by atoms with Crippen LogP contribution in [0.1, 0.15) is 28.2 Å². The summed E-state index contributed by atoms with van der Waals surface area (Å²) in [5.41, 5.74) is 0.865. The molecule has 9 heteroatoms. The molecule has 0 atom stereocenters. The van der Waals surface area contributed by atoms with Crippen LogP contribution >= 0.6 is 0 Å². The molecule has 150 valence electrons. The summed E-state index contributed by atoms with van der Waals surface area (Å²) in [6.07, 6.45) is -0.166. The van der Waals surface area contributed by atoms with Crippen LogP contribution in [-0.4, -0.2) is 27.8 Å². The van der Waals surface area contributed by atoms with E-state index < -0.39 is 23.5 Å². The predicted octanol–water partition coefficient (Wildman–Crippen LogP) is 2.14. The topological polar surface area (TPSA) is 89.8 Å². The number of benzene rings is 1. The van der Waals surface area contributed by atoms with E-state index in [1.54, 1.807) is 25.1 Å². The second-order valence-corrected chi connectivity index (χ2v) is 6.24. The highest BCUT2D eigenvalue weighted by Gasteiger charge is 2.13. The molecule has 1 N–H and O–H groups in total. The number of carbonyl (C=O) groups is 2. The van der Waals surface area contributed by atoms with Gasteiger partial charge in [-0.1, -0.05) is 6.07 Å². The fraction of sp³-hybridized carbons (Fsp3) is 0.200. The highest BCUT2D eigenvalue weighted by atomic mass is 19.1. The molecular formula is C20H17F2N3O4. The molecule has 7 nitrogen and oxygen atoms in total. The van der Waals surface area contributed by atoms with Gasteiger partial charge in [0.1, 0.15) is 23.9 Å². The molecule has 2 heterocycles. The summed E-state index contributed by atoms with van der Waals surface area (Å²) < 4.78 is 32.9. The van der Waals surface area contributed by atoms with Crippen LogP contribution in [0.25, 0.3) is 5.65 Å². The fourth-order valence-electron chi connectivity index (χ4n) is 2.71. The quantitative estimate of drug-likeness (QED) is 0.640. The summed E-state index contributed by atoms with van der Waals surface area (Å²) in [5, 5.41) is 2.36. The molecule has 0 unspecified atom stereocenters. The van der Waals surface area contributed by atoms with Crippen molar-refractivity contribution in [3.63, 3.8) is 0 Å². The maximum atomic E-state index is 13.5. The third-order valence-corrected chi connectivity index (χ3v) is 4.10. The van der Waals surface area contributed by atoms with Crippen molar-refractivity contribution in [3.05, 3.63) is 81.4 Å².